The summed E-state index contributed by atoms with van der Waals surface area (Å²) in [6.45, 7) is 9.69. The summed E-state index contributed by atoms with van der Waals surface area (Å²) >= 11 is 0. The molecule has 0 aliphatic rings. The number of pyridine rings is 1. The van der Waals surface area contributed by atoms with Crippen molar-refractivity contribution in [3.8, 4) is 0 Å². The Kier molecular flexibility index (Phi) is 5.68. The Hall–Kier alpha value is -2.19. The highest BCUT2D eigenvalue weighted by Crippen LogP contribution is 2.16. The minimum Gasteiger partial charge on any atom is -0.325 e. The van der Waals surface area contributed by atoms with E-state index in [1.54, 1.807) is 0 Å². The van der Waals surface area contributed by atoms with Gasteiger partial charge in [0.25, 0.3) is 0 Å². The highest BCUT2D eigenvalue weighted by molar-refractivity contribution is 5.67. The van der Waals surface area contributed by atoms with Crippen LogP contribution in [-0.2, 0) is 6.54 Å². The zero-order chi connectivity index (χ0) is 15.9. The number of nitrogens with zero attached hydrogens (tertiary/aromatic N) is 1. The van der Waals surface area contributed by atoms with E-state index in [-0.39, 0.29) is 0 Å². The lowest BCUT2D eigenvalue weighted by atomic mass is 10.0. The first-order valence-electron chi connectivity index (χ1n) is 7.79. The van der Waals surface area contributed by atoms with Gasteiger partial charge in [-0.1, -0.05) is 44.7 Å². The molecule has 0 spiro atoms. The highest BCUT2D eigenvalue weighted by atomic mass is 15.0. The highest BCUT2D eigenvalue weighted by Gasteiger charge is 2.10. The molecule has 0 bridgehead atoms. The monoisotopic (exact) mass is 293 g/mol. The number of nitrogens with two attached hydrogens (primary N) is 1. The van der Waals surface area contributed by atoms with Gasteiger partial charge in [0.15, 0.2) is 6.54 Å². The van der Waals surface area contributed by atoms with E-state index in [0.717, 1.165) is 17.9 Å². The van der Waals surface area contributed by atoms with Crippen molar-refractivity contribution in [3.05, 3.63) is 71.6 Å². The van der Waals surface area contributed by atoms with Gasteiger partial charge in [-0.2, -0.15) is 4.57 Å². The van der Waals surface area contributed by atoms with Crippen molar-refractivity contribution in [2.75, 3.05) is 6.54 Å². The molecule has 0 aliphatic carbocycles. The summed E-state index contributed by atoms with van der Waals surface area (Å²) in [4.78, 5) is 0. The fourth-order valence-corrected chi connectivity index (χ4v) is 2.46. The summed E-state index contributed by atoms with van der Waals surface area (Å²) in [5, 5.41) is 0. The predicted octanol–water partition coefficient (Wildman–Crippen LogP) is 3.87. The second-order valence-corrected chi connectivity index (χ2v) is 5.67. The maximum absolute atomic E-state index is 5.73. The van der Waals surface area contributed by atoms with Crippen molar-refractivity contribution in [3.63, 3.8) is 0 Å². The quantitative estimate of drug-likeness (QED) is 0.805. The van der Waals surface area contributed by atoms with Crippen molar-refractivity contribution < 1.29 is 4.57 Å². The molecule has 0 atom stereocenters. The number of benzene rings is 1. The van der Waals surface area contributed by atoms with E-state index in [1.165, 1.54) is 11.1 Å². The van der Waals surface area contributed by atoms with Crippen molar-refractivity contribution in [1.29, 1.82) is 0 Å². The van der Waals surface area contributed by atoms with Crippen LogP contribution in [-0.4, -0.2) is 6.54 Å². The Balaban J connectivity index is 2.27. The first-order valence-corrected chi connectivity index (χ1v) is 7.79. The van der Waals surface area contributed by atoms with E-state index in [9.17, 15) is 0 Å². The Morgan fingerprint density at radius 2 is 1.73 bits per heavy atom. The molecule has 2 aromatic rings. The lowest BCUT2D eigenvalue weighted by molar-refractivity contribution is -0.697. The smallest absolute Gasteiger partial charge is 0.205 e. The molecule has 2 nitrogen and oxygen atoms in total. The molecule has 114 valence electrons. The van der Waals surface area contributed by atoms with Crippen molar-refractivity contribution >= 4 is 18.2 Å². The summed E-state index contributed by atoms with van der Waals surface area (Å²) in [6.07, 6.45) is 6.14. The number of aromatic nitrogens is 1. The zero-order valence-corrected chi connectivity index (χ0v) is 13.5. The van der Waals surface area contributed by atoms with Gasteiger partial charge in [0.05, 0.1) is 6.54 Å². The van der Waals surface area contributed by atoms with Crippen LogP contribution < -0.4 is 10.3 Å². The Bertz CT molecular complexity index is 652. The van der Waals surface area contributed by atoms with Crippen molar-refractivity contribution in [2.24, 2.45) is 5.73 Å². The Morgan fingerprint density at radius 3 is 2.32 bits per heavy atom. The molecule has 0 fully saturated rings. The van der Waals surface area contributed by atoms with Gasteiger partial charge in [-0.3, -0.25) is 0 Å². The van der Waals surface area contributed by atoms with Crippen LogP contribution in [0, 0.1) is 0 Å². The molecule has 1 aromatic carbocycles. The minimum atomic E-state index is 0.564. The van der Waals surface area contributed by atoms with E-state index in [2.05, 4.69) is 73.5 Å². The number of rotatable bonds is 6. The van der Waals surface area contributed by atoms with Gasteiger partial charge >= 0.3 is 0 Å². The molecule has 2 heteroatoms. The Morgan fingerprint density at radius 1 is 1.05 bits per heavy atom. The predicted molar refractivity (Wildman–Crippen MR) is 95.2 cm³/mol. The SMILES string of the molecule is C=Cc1cccc(/C=C/c2ccc(C(C)C)cc2)[n+]1CCN. The number of hydrogen-bond acceptors (Lipinski definition) is 1. The third kappa shape index (κ3) is 3.92. The molecule has 0 unspecified atom stereocenters. The van der Waals surface area contributed by atoms with Crippen LogP contribution in [0.4, 0.5) is 0 Å². The number of hydrogen-bond donors (Lipinski definition) is 1. The average Bonchev–Trinajstić information content (AvgIpc) is 2.54. The molecule has 0 aliphatic heterocycles. The van der Waals surface area contributed by atoms with Crippen LogP contribution in [0.15, 0.2) is 49.0 Å². The van der Waals surface area contributed by atoms with E-state index in [4.69, 9.17) is 5.73 Å². The molecule has 1 heterocycles. The lowest BCUT2D eigenvalue weighted by Crippen LogP contribution is -2.43. The normalized spacial score (nSPS) is 11.3. The summed E-state index contributed by atoms with van der Waals surface area (Å²) < 4.78 is 2.19. The lowest BCUT2D eigenvalue weighted by Gasteiger charge is -2.05. The van der Waals surface area contributed by atoms with Gasteiger partial charge in [0.2, 0.25) is 11.4 Å². The molecule has 22 heavy (non-hydrogen) atoms. The molecular formula is C20H25N2+. The van der Waals surface area contributed by atoms with E-state index < -0.39 is 0 Å². The van der Waals surface area contributed by atoms with E-state index in [1.807, 2.05) is 12.1 Å². The van der Waals surface area contributed by atoms with Crippen LogP contribution in [0.1, 0.15) is 42.3 Å². The van der Waals surface area contributed by atoms with E-state index >= 15 is 0 Å². The van der Waals surface area contributed by atoms with Gasteiger partial charge in [-0.15, -0.1) is 0 Å². The van der Waals surface area contributed by atoms with Crippen LogP contribution in [0.3, 0.4) is 0 Å². The van der Waals surface area contributed by atoms with Gasteiger partial charge < -0.3 is 5.73 Å². The molecular weight excluding hydrogens is 268 g/mol. The molecule has 1 aromatic heterocycles. The molecule has 0 saturated carbocycles. The largest absolute Gasteiger partial charge is 0.325 e. The minimum absolute atomic E-state index is 0.564. The van der Waals surface area contributed by atoms with Crippen LogP contribution in [0.5, 0.6) is 0 Å². The van der Waals surface area contributed by atoms with E-state index in [0.29, 0.717) is 12.5 Å². The molecule has 0 saturated heterocycles. The summed E-state index contributed by atoms with van der Waals surface area (Å²) in [6, 6.07) is 14.9. The van der Waals surface area contributed by atoms with Crippen molar-refractivity contribution in [1.82, 2.24) is 0 Å². The fraction of sp³-hybridized carbons (Fsp3) is 0.250. The van der Waals surface area contributed by atoms with Gasteiger partial charge in [-0.25, -0.2) is 0 Å². The second-order valence-electron chi connectivity index (χ2n) is 5.67. The first kappa shape index (κ1) is 16.2. The van der Waals surface area contributed by atoms with Gasteiger partial charge in [-0.05, 0) is 29.2 Å². The third-order valence-electron chi connectivity index (χ3n) is 3.77. The summed E-state index contributed by atoms with van der Waals surface area (Å²) in [7, 11) is 0. The topological polar surface area (TPSA) is 29.9 Å². The van der Waals surface area contributed by atoms with Crippen LogP contribution in [0.2, 0.25) is 0 Å². The molecule has 2 rings (SSSR count). The fourth-order valence-electron chi connectivity index (χ4n) is 2.46. The maximum atomic E-state index is 5.73. The standard InChI is InChI=1S/C20H25N2/c1-4-19-6-5-7-20(22(19)15-14-21)13-10-17-8-11-18(12-9-17)16(2)3/h4-13,16H,1,14-15,21H2,2-3H3/q+1/b13-10+. The van der Waals surface area contributed by atoms with Gasteiger partial charge in [0.1, 0.15) is 0 Å². The first-order chi connectivity index (χ1) is 10.7. The Labute approximate surface area is 133 Å². The molecule has 0 amide bonds. The van der Waals surface area contributed by atoms with Crippen LogP contribution in [0.25, 0.3) is 18.2 Å². The van der Waals surface area contributed by atoms with Gasteiger partial charge in [0, 0.05) is 24.3 Å². The summed E-state index contributed by atoms with van der Waals surface area (Å²) in [5.41, 5.74) is 10.5. The summed E-state index contributed by atoms with van der Waals surface area (Å²) in [5.74, 6) is 0.564. The van der Waals surface area contributed by atoms with Crippen molar-refractivity contribution in [2.45, 2.75) is 26.3 Å². The molecule has 0 radical (unpaired) electrons. The molecule has 2 N–H and O–H groups in total. The average molecular weight is 293 g/mol. The second kappa shape index (κ2) is 7.71. The van der Waals surface area contributed by atoms with Crippen LogP contribution >= 0.6 is 0 Å². The zero-order valence-electron chi connectivity index (χ0n) is 13.5. The maximum Gasteiger partial charge on any atom is 0.205 e. The third-order valence-corrected chi connectivity index (χ3v) is 3.77.